The van der Waals surface area contributed by atoms with Crippen LogP contribution in [0.3, 0.4) is 0 Å². The van der Waals surface area contributed by atoms with Crippen molar-refractivity contribution in [3.05, 3.63) is 165 Å². The molecule has 31 nitrogen and oxygen atoms in total. The lowest BCUT2D eigenvalue weighted by Crippen LogP contribution is -2.57. The Kier molecular flexibility index (Phi) is 32.0. The third-order valence-corrected chi connectivity index (χ3v) is 32.2. The number of fused-ring (bicyclic) bond motifs is 15. The smallest absolute Gasteiger partial charge is 0.497 e. The SMILES string of the molecule is C1CC2COCC(C1)N2.CN(C)C(On1nnc2ccccc21)=[N+](C)C.CN1CCOCC1.COc1ccc2c(c1)C=C(c1c(C(=O)N3C4CCCC3COC4)cnn1C1CCC1)Cn1c-2c(C2CCCCC2)c2ccc(C(=O)NS(=O)(=O)C(C)C)cc21.COc1ccc2c(c1)C=C(c1c(C(=O)O)cnn1C1CCC1)Cn1c-2c(C2CCCCC2)c2ccc(C(=O)NS(=O)(=O)C(C)C)cc21.F[B-](F)(F)F. The number of rotatable bonds is 17. The van der Waals surface area contributed by atoms with Gasteiger partial charge in [-0.3, -0.25) is 28.6 Å². The second kappa shape index (κ2) is 44.1. The number of carbonyl (C=O) groups excluding carboxylic acids is 3. The van der Waals surface area contributed by atoms with Gasteiger partial charge in [-0.05, 0) is 266 Å². The van der Waals surface area contributed by atoms with Crippen LogP contribution in [0.15, 0.2) is 109 Å². The number of hydrogen-bond acceptors (Lipinski definition) is 20. The Morgan fingerprint density at radius 3 is 1.41 bits per heavy atom. The zero-order valence-corrected chi connectivity index (χ0v) is 83.5. The molecular formula is C102H131BF4N16O15S2. The van der Waals surface area contributed by atoms with Gasteiger partial charge in [0, 0.05) is 69.2 Å². The maximum Gasteiger partial charge on any atom is 0.673 e. The molecule has 0 radical (unpaired) electrons. The molecule has 4 unspecified atom stereocenters. The van der Waals surface area contributed by atoms with Gasteiger partial charge in [-0.2, -0.15) is 10.2 Å². The van der Waals surface area contributed by atoms with E-state index in [4.69, 9.17) is 33.6 Å². The number of aromatic carboxylic acids is 1. The van der Waals surface area contributed by atoms with Gasteiger partial charge < -0.3 is 70.3 Å². The fourth-order valence-corrected chi connectivity index (χ4v) is 22.2. The van der Waals surface area contributed by atoms with Crippen LogP contribution < -0.4 is 29.1 Å². The van der Waals surface area contributed by atoms with Crippen molar-refractivity contribution >= 4 is 113 Å². The molecule has 3 amide bonds. The Bertz CT molecular complexity index is 6480. The number of morpholine rings is 3. The van der Waals surface area contributed by atoms with Gasteiger partial charge in [0.2, 0.25) is 20.0 Å². The number of para-hydroxylation sites is 1. The molecule has 7 aliphatic heterocycles. The van der Waals surface area contributed by atoms with Crippen LogP contribution in [0.2, 0.25) is 0 Å². The van der Waals surface area contributed by atoms with Gasteiger partial charge in [0.15, 0.2) is 0 Å². The molecule has 752 valence electrons. The number of nitrogens with one attached hydrogen (secondary N) is 3. The fourth-order valence-electron chi connectivity index (χ4n) is 21.0. The first-order chi connectivity index (χ1) is 67.1. The molecule has 11 aliphatic rings. The molecule has 21 rings (SSSR count). The lowest BCUT2D eigenvalue weighted by Gasteiger charge is -2.45. The van der Waals surface area contributed by atoms with Crippen molar-refractivity contribution in [1.82, 2.24) is 73.3 Å². The average Bonchev–Trinajstić information content (AvgIpc) is 1.57. The van der Waals surface area contributed by atoms with Crippen molar-refractivity contribution in [2.75, 3.05) is 102 Å². The number of benzene rings is 5. The molecule has 140 heavy (non-hydrogen) atoms. The monoisotopic (exact) mass is 1970 g/mol. The number of piperidine rings is 2. The minimum absolute atomic E-state index is 0.0142. The number of carboxylic acids is 1. The van der Waals surface area contributed by atoms with Gasteiger partial charge in [0.05, 0.1) is 171 Å². The van der Waals surface area contributed by atoms with Gasteiger partial charge in [-0.25, -0.2) is 40.5 Å². The summed E-state index contributed by atoms with van der Waals surface area (Å²) in [6.45, 7) is 14.0. The summed E-state index contributed by atoms with van der Waals surface area (Å²) in [4.78, 5) is 67.8. The molecule has 10 aromatic rings. The molecule has 4 atom stereocenters. The van der Waals surface area contributed by atoms with E-state index in [0.717, 1.165) is 238 Å². The van der Waals surface area contributed by atoms with E-state index in [1.807, 2.05) is 103 Å². The molecule has 38 heteroatoms. The summed E-state index contributed by atoms with van der Waals surface area (Å²) >= 11 is 0. The van der Waals surface area contributed by atoms with Crippen molar-refractivity contribution in [1.29, 1.82) is 0 Å². The molecule has 12 heterocycles. The summed E-state index contributed by atoms with van der Waals surface area (Å²) in [7, 11) is -0.600. The summed E-state index contributed by atoms with van der Waals surface area (Å²) in [5, 5.41) is 32.0. The Labute approximate surface area is 815 Å². The van der Waals surface area contributed by atoms with Gasteiger partial charge in [-0.1, -0.05) is 74.1 Å². The zero-order chi connectivity index (χ0) is 99.2. The van der Waals surface area contributed by atoms with Crippen LogP contribution in [0, 0.1) is 0 Å². The Morgan fingerprint density at radius 1 is 0.543 bits per heavy atom. The predicted octanol–water partition coefficient (Wildman–Crippen LogP) is 16.5. The van der Waals surface area contributed by atoms with Crippen LogP contribution in [0.1, 0.15) is 268 Å². The number of nitrogens with zero attached hydrogens (tertiary/aromatic N) is 13. The van der Waals surface area contributed by atoms with E-state index in [2.05, 4.69) is 91.2 Å². The minimum Gasteiger partial charge on any atom is -0.497 e. The summed E-state index contributed by atoms with van der Waals surface area (Å²) in [5.41, 5.74) is 16.4. The highest BCUT2D eigenvalue weighted by Gasteiger charge is 2.43. The number of halogens is 4. The quantitative estimate of drug-likeness (QED) is 0.0216. The number of methoxy groups -OCH3 is 2. The van der Waals surface area contributed by atoms with E-state index in [0.29, 0.717) is 73.3 Å². The van der Waals surface area contributed by atoms with Crippen molar-refractivity contribution in [2.24, 2.45) is 0 Å². The van der Waals surface area contributed by atoms with E-state index in [-0.39, 0.29) is 46.8 Å². The van der Waals surface area contributed by atoms with Crippen LogP contribution in [0.25, 0.3) is 78.7 Å². The van der Waals surface area contributed by atoms with Crippen molar-refractivity contribution in [3.63, 3.8) is 0 Å². The molecule has 4 aliphatic carbocycles. The van der Waals surface area contributed by atoms with Gasteiger partial charge >= 0.3 is 19.2 Å². The Balaban J connectivity index is 0.000000147. The summed E-state index contributed by atoms with van der Waals surface area (Å²) in [6.07, 6.45) is 31.8. The fraction of sp³-hybridized carbons (Fsp3) is 0.520. The van der Waals surface area contributed by atoms with Gasteiger partial charge in [-0.15, -0.1) is 5.10 Å². The van der Waals surface area contributed by atoms with Crippen LogP contribution in [0.5, 0.6) is 11.5 Å². The number of ether oxygens (including phenoxy) is 5. The normalized spacial score (nSPS) is 20.0. The lowest BCUT2D eigenvalue weighted by molar-refractivity contribution is -0.480. The molecule has 4 bridgehead atoms. The second-order valence-electron chi connectivity index (χ2n) is 39.3. The standard InChI is InChI=1S/C43H51N5O6S.C36H40N4O6S.C11H16N5O.C7H13NO.C5H11NO.BF4/c1-26(2)55(51,52)45-42(49)28-15-17-36-38(21-28)46-23-30(19-29-20-34(53-3)16-18-35(29)41(46)39(36)27-9-5-4-6-10-27)40-37(22-44-48(40)31-11-7-12-31)43(50)47-32-13-8-14-33(47)25-54-24-32;1-21(2)47(44,45)38-35(41)23-12-14-29-31(18-23)39-20-25(33-30(36(42)43)19-37-40(33)26-10-7-11-26)16-24-17-27(46-3)13-15-28(24)34(39)32(29)22-8-5-4-6-9-22;1-14(2)11(15(3)4)17-16-10-8-6-5-7-9(10)12-13-16;1-2-6-4-9-5-7(3-1)8-6;1-6-2-4-7-5-3-6;2-1(3,4)5/h15-22,26-27,31-33H,4-14,23-25H2,1-3H3,(H,45,49);12-19,21-22,26H,4-11,20H2,1-3H3,(H,38,41)(H,42,43);5-8H,1-4H3;6-8H,1-5H2;2-5H2,1H3;/q;;+1;;;-1. The first-order valence-electron chi connectivity index (χ1n) is 49.3. The highest BCUT2D eigenvalue weighted by atomic mass is 32.2. The number of carboxylic acid groups (broad SMARTS) is 1. The lowest BCUT2D eigenvalue weighted by atomic mass is 9.81. The number of likely N-dealkylation sites (N-methyl/N-ethyl adjacent to an activating group) is 1. The minimum atomic E-state index is -6.00. The van der Waals surface area contributed by atoms with E-state index in [1.54, 1.807) is 52.5 Å². The summed E-state index contributed by atoms with van der Waals surface area (Å²) < 4.78 is 133. The Morgan fingerprint density at radius 2 is 0.986 bits per heavy atom. The molecule has 5 aromatic carbocycles. The molecule has 9 fully saturated rings. The van der Waals surface area contributed by atoms with Crippen LogP contribution in [-0.2, 0) is 47.3 Å². The molecule has 4 saturated carbocycles. The predicted molar refractivity (Wildman–Crippen MR) is 533 cm³/mol. The topological polar surface area (TPSA) is 337 Å². The number of sulfonamides is 2. The van der Waals surface area contributed by atoms with Gasteiger partial charge in [0.1, 0.15) is 28.1 Å². The van der Waals surface area contributed by atoms with Crippen molar-refractivity contribution in [2.45, 2.75) is 241 Å². The summed E-state index contributed by atoms with van der Waals surface area (Å²) in [6, 6.07) is 33.4. The first-order valence-corrected chi connectivity index (χ1v) is 52.4. The highest BCUT2D eigenvalue weighted by molar-refractivity contribution is 7.90. The number of allylic oxidation sites excluding steroid dienone is 2. The number of hydrogen-bond donors (Lipinski definition) is 4. The molecule has 5 aromatic heterocycles. The van der Waals surface area contributed by atoms with E-state index < -0.39 is 55.6 Å². The molecular weight excluding hydrogens is 1840 g/mol. The Hall–Kier alpha value is -11.3. The second-order valence-corrected chi connectivity index (χ2v) is 43.8. The highest BCUT2D eigenvalue weighted by Crippen LogP contribution is 2.52. The average molecular weight is 1970 g/mol. The van der Waals surface area contributed by atoms with Crippen molar-refractivity contribution in [3.8, 4) is 34.0 Å². The number of amidine groups is 1. The van der Waals surface area contributed by atoms with E-state index in [1.165, 1.54) is 68.1 Å². The molecule has 0 spiro atoms. The maximum atomic E-state index is 14.9. The third-order valence-electron chi connectivity index (χ3n) is 28.7. The number of aromatic nitrogens is 9. The maximum absolute atomic E-state index is 14.9. The number of carbonyl (C=O) groups is 4. The van der Waals surface area contributed by atoms with Crippen molar-refractivity contribution < 1.29 is 91.5 Å². The van der Waals surface area contributed by atoms with Crippen LogP contribution in [-0.4, -0.2) is 259 Å². The van der Waals surface area contributed by atoms with Gasteiger partial charge in [0.25, 0.3) is 17.7 Å². The molecule has 4 N–H and O–H groups in total. The number of amides is 3. The van der Waals surface area contributed by atoms with Crippen LogP contribution in [0.4, 0.5) is 17.3 Å². The molecule has 5 saturated heterocycles. The van der Waals surface area contributed by atoms with Crippen LogP contribution >= 0.6 is 0 Å². The van der Waals surface area contributed by atoms with E-state index >= 15 is 0 Å². The third kappa shape index (κ3) is 22.7. The van der Waals surface area contributed by atoms with E-state index in [9.17, 15) is 58.4 Å². The largest absolute Gasteiger partial charge is 0.673 e. The zero-order valence-electron chi connectivity index (χ0n) is 81.8. The summed E-state index contributed by atoms with van der Waals surface area (Å²) in [5.74, 6) is -0.285. The first kappa shape index (κ1) is 102.